The zero-order valence-electron chi connectivity index (χ0n) is 21.7. The highest BCUT2D eigenvalue weighted by Gasteiger charge is 2.34. The Morgan fingerprint density at radius 2 is 1.79 bits per heavy atom. The van der Waals surface area contributed by atoms with Crippen LogP contribution in [0.4, 0.5) is 24.8 Å². The number of anilines is 1. The molecule has 2 aromatic heterocycles. The highest BCUT2D eigenvalue weighted by atomic mass is 31.3. The molecular formula is C22H27F3N6O9P2. The lowest BCUT2D eigenvalue weighted by Crippen LogP contribution is -2.30. The number of rotatable bonds is 9. The number of fused-ring (bicyclic) bond motifs is 1. The molecule has 1 saturated heterocycles. The van der Waals surface area contributed by atoms with E-state index in [0.717, 1.165) is 4.57 Å². The smallest absolute Gasteiger partial charge is 0.393 e. The summed E-state index contributed by atoms with van der Waals surface area (Å²) in [5.74, 6) is -3.69. The standard InChI is InChI=1S/C22H27F3N6O9P2/c23-12-7-16(24)19(17(25)8-12)28-22-30(11-39-42(36,37)40-41(33,34)35)18-9-26-21(27-13-1-3-15(32)4-2-13)29-20(18)31(22)14-5-6-38-10-14/h7-9,13-15,32H,1-6,10-11H2,(H,36,37)(H,26,27,29)(H2,33,34,35)/t13?,14-,15?/m0/s1. The van der Waals surface area contributed by atoms with E-state index in [0.29, 0.717) is 50.8 Å². The summed E-state index contributed by atoms with van der Waals surface area (Å²) in [6, 6.07) is 0.301. The van der Waals surface area contributed by atoms with Gasteiger partial charge in [-0.2, -0.15) is 9.29 Å². The predicted octanol–water partition coefficient (Wildman–Crippen LogP) is 2.74. The molecule has 1 aromatic carbocycles. The molecule has 1 aliphatic heterocycles. The molecule has 230 valence electrons. The Balaban J connectivity index is 1.67. The SMILES string of the molecule is O=P(O)(O)OP(=O)(O)OCn1c(=Nc2c(F)cc(F)cc2F)n([C@H]2CCOC2)c2nc(NC3CCC(O)CC3)ncc21. The fourth-order valence-corrected chi connectivity index (χ4v) is 6.40. The van der Waals surface area contributed by atoms with Gasteiger partial charge < -0.3 is 29.8 Å². The lowest BCUT2D eigenvalue weighted by atomic mass is 9.93. The van der Waals surface area contributed by atoms with Crippen LogP contribution in [0.5, 0.6) is 0 Å². The first-order valence-corrected chi connectivity index (χ1v) is 15.8. The number of hydrogen-bond donors (Lipinski definition) is 5. The molecule has 5 N–H and O–H groups in total. The lowest BCUT2D eigenvalue weighted by Gasteiger charge is -2.26. The lowest BCUT2D eigenvalue weighted by molar-refractivity contribution is 0.126. The number of imidazole rings is 1. The molecule has 42 heavy (non-hydrogen) atoms. The molecule has 20 heteroatoms. The molecule has 1 unspecified atom stereocenters. The molecule has 2 aliphatic rings. The van der Waals surface area contributed by atoms with E-state index in [9.17, 15) is 32.3 Å². The summed E-state index contributed by atoms with van der Waals surface area (Å²) in [6.45, 7) is -0.512. The Morgan fingerprint density at radius 1 is 1.10 bits per heavy atom. The van der Waals surface area contributed by atoms with Crippen molar-refractivity contribution in [3.63, 3.8) is 0 Å². The maximum atomic E-state index is 14.7. The van der Waals surface area contributed by atoms with Crippen LogP contribution in [0, 0.1) is 17.5 Å². The Bertz CT molecular complexity index is 1610. The molecule has 0 bridgehead atoms. The third-order valence-corrected chi connectivity index (χ3v) is 8.90. The minimum atomic E-state index is -5.46. The van der Waals surface area contributed by atoms with E-state index in [4.69, 9.17) is 19.0 Å². The van der Waals surface area contributed by atoms with Gasteiger partial charge in [0, 0.05) is 24.8 Å². The summed E-state index contributed by atoms with van der Waals surface area (Å²) < 4.78 is 83.1. The van der Waals surface area contributed by atoms with Crippen molar-refractivity contribution in [2.24, 2.45) is 4.99 Å². The van der Waals surface area contributed by atoms with E-state index in [1.54, 1.807) is 0 Å². The molecule has 3 heterocycles. The minimum Gasteiger partial charge on any atom is -0.393 e. The van der Waals surface area contributed by atoms with Gasteiger partial charge >= 0.3 is 15.6 Å². The second-order valence-corrected chi connectivity index (χ2v) is 12.6. The van der Waals surface area contributed by atoms with E-state index in [1.165, 1.54) is 10.8 Å². The van der Waals surface area contributed by atoms with Gasteiger partial charge in [-0.1, -0.05) is 0 Å². The molecule has 3 aromatic rings. The maximum absolute atomic E-state index is 14.7. The molecule has 0 radical (unpaired) electrons. The van der Waals surface area contributed by atoms with Gasteiger partial charge in [-0.15, -0.1) is 0 Å². The third kappa shape index (κ3) is 7.10. The number of nitrogens with zero attached hydrogens (tertiary/aromatic N) is 5. The zero-order valence-corrected chi connectivity index (χ0v) is 23.5. The van der Waals surface area contributed by atoms with Crippen molar-refractivity contribution >= 4 is 38.4 Å². The second kappa shape index (κ2) is 12.1. The molecule has 2 fully saturated rings. The van der Waals surface area contributed by atoms with Gasteiger partial charge in [-0.3, -0.25) is 13.7 Å². The van der Waals surface area contributed by atoms with Crippen molar-refractivity contribution in [3.8, 4) is 0 Å². The first-order chi connectivity index (χ1) is 19.8. The molecular weight excluding hydrogens is 611 g/mol. The fraction of sp³-hybridized carbons (Fsp3) is 0.500. The number of phosphoric ester groups is 1. The highest BCUT2D eigenvalue weighted by Crippen LogP contribution is 2.57. The summed E-state index contributed by atoms with van der Waals surface area (Å²) in [6.07, 6.45) is 3.80. The quantitative estimate of drug-likeness (QED) is 0.215. The van der Waals surface area contributed by atoms with E-state index >= 15 is 0 Å². The topological polar surface area (TPSA) is 203 Å². The Kier molecular flexibility index (Phi) is 8.90. The molecule has 1 saturated carbocycles. The van der Waals surface area contributed by atoms with Crippen molar-refractivity contribution in [2.75, 3.05) is 18.5 Å². The summed E-state index contributed by atoms with van der Waals surface area (Å²) in [4.78, 5) is 40.7. The number of ether oxygens (including phenoxy) is 1. The van der Waals surface area contributed by atoms with Crippen molar-refractivity contribution < 1.29 is 55.7 Å². The zero-order chi connectivity index (χ0) is 30.2. The van der Waals surface area contributed by atoms with Crippen molar-refractivity contribution in [1.29, 1.82) is 0 Å². The van der Waals surface area contributed by atoms with Gasteiger partial charge in [0.25, 0.3) is 0 Å². The third-order valence-electron chi connectivity index (χ3n) is 6.78. The molecule has 2 atom stereocenters. The molecule has 5 rings (SSSR count). The molecule has 0 amide bonds. The number of aromatic nitrogens is 4. The fourth-order valence-electron chi connectivity index (χ4n) is 4.87. The average Bonchev–Trinajstić information content (AvgIpc) is 3.50. The van der Waals surface area contributed by atoms with Crippen molar-refractivity contribution in [2.45, 2.75) is 57.0 Å². The monoisotopic (exact) mass is 638 g/mol. The Labute approximate surface area is 235 Å². The van der Waals surface area contributed by atoms with E-state index in [-0.39, 0.29) is 35.4 Å². The average molecular weight is 638 g/mol. The van der Waals surface area contributed by atoms with Crippen LogP contribution in [0.2, 0.25) is 0 Å². The van der Waals surface area contributed by atoms with Crippen LogP contribution < -0.4 is 10.9 Å². The number of benzene rings is 1. The summed E-state index contributed by atoms with van der Waals surface area (Å²) >= 11 is 0. The van der Waals surface area contributed by atoms with Crippen LogP contribution in [-0.4, -0.2) is 64.2 Å². The number of nitrogens with one attached hydrogen (secondary N) is 1. The van der Waals surface area contributed by atoms with Crippen LogP contribution in [0.25, 0.3) is 11.2 Å². The van der Waals surface area contributed by atoms with Gasteiger partial charge in [-0.05, 0) is 32.1 Å². The van der Waals surface area contributed by atoms with Gasteiger partial charge in [-0.25, -0.2) is 32.3 Å². The summed E-state index contributed by atoms with van der Waals surface area (Å²) in [5.41, 5.74) is -0.940. The normalized spacial score (nSPS) is 23.4. The van der Waals surface area contributed by atoms with Crippen molar-refractivity contribution in [1.82, 2.24) is 19.1 Å². The van der Waals surface area contributed by atoms with Crippen LogP contribution in [0.15, 0.2) is 23.3 Å². The highest BCUT2D eigenvalue weighted by molar-refractivity contribution is 7.60. The number of aliphatic hydroxyl groups is 1. The Morgan fingerprint density at radius 3 is 2.40 bits per heavy atom. The largest absolute Gasteiger partial charge is 0.482 e. The van der Waals surface area contributed by atoms with E-state index < -0.39 is 57.7 Å². The van der Waals surface area contributed by atoms with Gasteiger partial charge in [0.05, 0.1) is 24.9 Å². The van der Waals surface area contributed by atoms with Crippen molar-refractivity contribution in [3.05, 3.63) is 41.4 Å². The Hall–Kier alpha value is -2.66. The van der Waals surface area contributed by atoms with Crippen LogP contribution in [0.1, 0.15) is 38.1 Å². The maximum Gasteiger partial charge on any atom is 0.482 e. The number of hydrogen-bond acceptors (Lipinski definition) is 10. The minimum absolute atomic E-state index is 0.0452. The van der Waals surface area contributed by atoms with E-state index in [1.807, 2.05) is 0 Å². The van der Waals surface area contributed by atoms with E-state index in [2.05, 4.69) is 24.6 Å². The van der Waals surface area contributed by atoms with Crippen LogP contribution in [0.3, 0.4) is 0 Å². The summed E-state index contributed by atoms with van der Waals surface area (Å²) in [7, 11) is -10.8. The number of aliphatic hydroxyl groups excluding tert-OH is 1. The van der Waals surface area contributed by atoms with Gasteiger partial charge in [0.1, 0.15) is 23.8 Å². The second-order valence-electron chi connectivity index (χ2n) is 9.80. The first kappa shape index (κ1) is 30.8. The van der Waals surface area contributed by atoms with Gasteiger partial charge in [0.15, 0.2) is 17.3 Å². The first-order valence-electron chi connectivity index (χ1n) is 12.7. The predicted molar refractivity (Wildman–Crippen MR) is 137 cm³/mol. The number of phosphoric acid groups is 2. The van der Waals surface area contributed by atoms with Gasteiger partial charge in [0.2, 0.25) is 11.6 Å². The van der Waals surface area contributed by atoms with Crippen LogP contribution in [-0.2, 0) is 29.4 Å². The summed E-state index contributed by atoms with van der Waals surface area (Å²) in [5, 5.41) is 13.0. The molecule has 0 spiro atoms. The van der Waals surface area contributed by atoms with Crippen LogP contribution >= 0.6 is 15.6 Å². The molecule has 1 aliphatic carbocycles. The number of halogens is 3. The molecule has 15 nitrogen and oxygen atoms in total.